The van der Waals surface area contributed by atoms with E-state index in [1.807, 2.05) is 24.3 Å². The second-order valence-electron chi connectivity index (χ2n) is 8.70. The fourth-order valence-corrected chi connectivity index (χ4v) is 3.24. The van der Waals surface area contributed by atoms with Gasteiger partial charge < -0.3 is 10.6 Å². The molecule has 3 rings (SSSR count). The summed E-state index contributed by atoms with van der Waals surface area (Å²) in [4.78, 5) is 28.9. The highest BCUT2D eigenvalue weighted by atomic mass is 16.2. The molecule has 0 spiro atoms. The number of nitrogens with zero attached hydrogens (tertiary/aromatic N) is 1. The van der Waals surface area contributed by atoms with Crippen LogP contribution in [0.4, 0.5) is 11.6 Å². The van der Waals surface area contributed by atoms with Gasteiger partial charge in [-0.2, -0.15) is 0 Å². The van der Waals surface area contributed by atoms with Gasteiger partial charge in [0.25, 0.3) is 0 Å². The third-order valence-electron chi connectivity index (χ3n) is 5.31. The van der Waals surface area contributed by atoms with E-state index in [0.717, 1.165) is 11.1 Å². The van der Waals surface area contributed by atoms with E-state index in [1.54, 1.807) is 30.4 Å². The van der Waals surface area contributed by atoms with Gasteiger partial charge >= 0.3 is 0 Å². The van der Waals surface area contributed by atoms with Gasteiger partial charge in [-0.25, -0.2) is 4.98 Å². The van der Waals surface area contributed by atoms with E-state index in [-0.39, 0.29) is 11.8 Å². The average molecular weight is 454 g/mol. The molecule has 0 saturated heterocycles. The first-order valence-corrected chi connectivity index (χ1v) is 11.5. The summed E-state index contributed by atoms with van der Waals surface area (Å²) >= 11 is 0. The molecule has 0 bridgehead atoms. The van der Waals surface area contributed by atoms with E-state index >= 15 is 0 Å². The zero-order valence-electron chi connectivity index (χ0n) is 20.1. The summed E-state index contributed by atoms with van der Waals surface area (Å²) in [6.45, 7) is 8.57. The number of aromatic nitrogens is 1. The highest BCUT2D eigenvalue weighted by molar-refractivity contribution is 6.03. The largest absolute Gasteiger partial charge is 0.307 e. The molecule has 0 fully saturated rings. The van der Waals surface area contributed by atoms with Gasteiger partial charge in [-0.05, 0) is 58.4 Å². The first-order valence-electron chi connectivity index (χ1n) is 11.5. The van der Waals surface area contributed by atoms with E-state index < -0.39 is 0 Å². The summed E-state index contributed by atoms with van der Waals surface area (Å²) in [5.74, 6) is 1.05. The molecule has 0 radical (unpaired) electrons. The summed E-state index contributed by atoms with van der Waals surface area (Å²) < 4.78 is 0. The maximum absolute atomic E-state index is 12.3. The predicted octanol–water partition coefficient (Wildman–Crippen LogP) is 6.63. The van der Waals surface area contributed by atoms with Gasteiger partial charge in [-0.15, -0.1) is 0 Å². The van der Waals surface area contributed by atoms with Gasteiger partial charge in [-0.1, -0.05) is 82.3 Å². The molecule has 1 aromatic heterocycles. The van der Waals surface area contributed by atoms with Crippen LogP contribution in [-0.2, 0) is 9.59 Å². The lowest BCUT2D eigenvalue weighted by Crippen LogP contribution is -2.12. The SMILES string of the molecule is CC(C)c1ccc(C=CC(=O)Nc2cccc(NC(=O)C=Cc3ccc(C(C)C)cc3)n2)cc1. The molecule has 5 nitrogen and oxygen atoms in total. The van der Waals surface area contributed by atoms with Crippen LogP contribution >= 0.6 is 0 Å². The van der Waals surface area contributed by atoms with Gasteiger partial charge in [0.05, 0.1) is 0 Å². The van der Waals surface area contributed by atoms with Crippen LogP contribution in [0, 0.1) is 0 Å². The number of hydrogen-bond acceptors (Lipinski definition) is 3. The van der Waals surface area contributed by atoms with E-state index in [2.05, 4.69) is 67.6 Å². The molecule has 3 aromatic rings. The fraction of sp³-hybridized carbons (Fsp3) is 0.207. The number of anilines is 2. The van der Waals surface area contributed by atoms with Gasteiger partial charge in [-0.3, -0.25) is 9.59 Å². The van der Waals surface area contributed by atoms with Crippen molar-refractivity contribution in [2.75, 3.05) is 10.6 Å². The first-order chi connectivity index (χ1) is 16.3. The molecule has 174 valence electrons. The van der Waals surface area contributed by atoms with Crippen LogP contribution in [0.5, 0.6) is 0 Å². The quantitative estimate of drug-likeness (QED) is 0.376. The molecule has 0 unspecified atom stereocenters. The third-order valence-corrected chi connectivity index (χ3v) is 5.31. The van der Waals surface area contributed by atoms with Crippen molar-refractivity contribution in [3.8, 4) is 0 Å². The van der Waals surface area contributed by atoms with Crippen LogP contribution in [0.15, 0.2) is 78.9 Å². The van der Waals surface area contributed by atoms with Gasteiger partial charge in [0.15, 0.2) is 0 Å². The lowest BCUT2D eigenvalue weighted by Gasteiger charge is -2.06. The van der Waals surface area contributed by atoms with Crippen LogP contribution in [0.2, 0.25) is 0 Å². The Kier molecular flexibility index (Phi) is 8.52. The summed E-state index contributed by atoms with van der Waals surface area (Å²) in [5.41, 5.74) is 4.39. The van der Waals surface area contributed by atoms with Crippen molar-refractivity contribution in [2.45, 2.75) is 39.5 Å². The molecule has 0 saturated carbocycles. The van der Waals surface area contributed by atoms with Crippen molar-refractivity contribution < 1.29 is 9.59 Å². The maximum atomic E-state index is 12.3. The van der Waals surface area contributed by atoms with Crippen LogP contribution in [0.3, 0.4) is 0 Å². The van der Waals surface area contributed by atoms with Crippen LogP contribution in [0.1, 0.15) is 61.8 Å². The van der Waals surface area contributed by atoms with Crippen molar-refractivity contribution in [1.29, 1.82) is 0 Å². The Morgan fingerprint density at radius 2 is 1.03 bits per heavy atom. The van der Waals surface area contributed by atoms with E-state index in [0.29, 0.717) is 23.5 Å². The molecule has 34 heavy (non-hydrogen) atoms. The number of hydrogen-bond donors (Lipinski definition) is 2. The van der Waals surface area contributed by atoms with Crippen molar-refractivity contribution in [3.63, 3.8) is 0 Å². The van der Waals surface area contributed by atoms with Gasteiger partial charge in [0, 0.05) is 12.2 Å². The molecule has 2 aromatic carbocycles. The Morgan fingerprint density at radius 3 is 1.38 bits per heavy atom. The maximum Gasteiger partial charge on any atom is 0.249 e. The topological polar surface area (TPSA) is 71.1 Å². The van der Waals surface area contributed by atoms with Crippen LogP contribution < -0.4 is 10.6 Å². The normalized spacial score (nSPS) is 11.5. The van der Waals surface area contributed by atoms with E-state index in [1.165, 1.54) is 23.3 Å². The molecule has 0 aliphatic carbocycles. The summed E-state index contributed by atoms with van der Waals surface area (Å²) in [6.07, 6.45) is 6.43. The molecular weight excluding hydrogens is 422 g/mol. The average Bonchev–Trinajstić information content (AvgIpc) is 2.82. The second-order valence-corrected chi connectivity index (χ2v) is 8.70. The number of amides is 2. The number of rotatable bonds is 8. The fourth-order valence-electron chi connectivity index (χ4n) is 3.24. The summed E-state index contributed by atoms with van der Waals surface area (Å²) in [5, 5.41) is 5.44. The number of pyridine rings is 1. The highest BCUT2D eigenvalue weighted by Crippen LogP contribution is 2.17. The standard InChI is InChI=1S/C29H31N3O2/c1-20(2)24-14-8-22(9-15-24)12-18-28(33)31-26-6-5-7-27(30-26)32-29(34)19-13-23-10-16-25(17-11-23)21(3)4/h5-21H,1-4H3,(H2,30,31,32,33,34). The Labute approximate surface area is 201 Å². The number of nitrogens with one attached hydrogen (secondary N) is 2. The summed E-state index contributed by atoms with van der Waals surface area (Å²) in [6, 6.07) is 21.3. The Morgan fingerprint density at radius 1 is 0.647 bits per heavy atom. The predicted molar refractivity (Wildman–Crippen MR) is 141 cm³/mol. The van der Waals surface area contributed by atoms with Crippen molar-refractivity contribution in [1.82, 2.24) is 4.98 Å². The van der Waals surface area contributed by atoms with Crippen molar-refractivity contribution >= 4 is 35.6 Å². The van der Waals surface area contributed by atoms with Gasteiger partial charge in [0.2, 0.25) is 11.8 Å². The third kappa shape index (κ3) is 7.55. The molecule has 2 N–H and O–H groups in total. The summed E-state index contributed by atoms with van der Waals surface area (Å²) in [7, 11) is 0. The Bertz CT molecular complexity index is 1080. The van der Waals surface area contributed by atoms with Crippen LogP contribution in [-0.4, -0.2) is 16.8 Å². The Balaban J connectivity index is 1.55. The van der Waals surface area contributed by atoms with Crippen molar-refractivity contribution in [2.24, 2.45) is 0 Å². The molecule has 2 amide bonds. The molecule has 1 heterocycles. The van der Waals surface area contributed by atoms with E-state index in [4.69, 9.17) is 0 Å². The smallest absolute Gasteiger partial charge is 0.249 e. The Hall–Kier alpha value is -3.99. The number of carbonyl (C=O) groups is 2. The van der Waals surface area contributed by atoms with Crippen LogP contribution in [0.25, 0.3) is 12.2 Å². The number of benzene rings is 2. The molecule has 5 heteroatoms. The molecule has 0 atom stereocenters. The minimum Gasteiger partial charge on any atom is -0.307 e. The van der Waals surface area contributed by atoms with Gasteiger partial charge in [0.1, 0.15) is 11.6 Å². The van der Waals surface area contributed by atoms with Crippen molar-refractivity contribution in [3.05, 3.63) is 101 Å². The van der Waals surface area contributed by atoms with E-state index in [9.17, 15) is 9.59 Å². The molecule has 0 aliphatic heterocycles. The highest BCUT2D eigenvalue weighted by Gasteiger charge is 2.04. The second kappa shape index (κ2) is 11.8. The zero-order valence-corrected chi connectivity index (χ0v) is 20.1. The number of carbonyl (C=O) groups excluding carboxylic acids is 2. The monoisotopic (exact) mass is 453 g/mol. The first kappa shape index (κ1) is 24.6. The molecular formula is C29H31N3O2. The lowest BCUT2D eigenvalue weighted by molar-refractivity contribution is -0.112. The lowest BCUT2D eigenvalue weighted by atomic mass is 10.0. The zero-order chi connectivity index (χ0) is 24.5. The minimum atomic E-state index is -0.298. The molecule has 0 aliphatic rings. The minimum absolute atomic E-state index is 0.298.